The summed E-state index contributed by atoms with van der Waals surface area (Å²) in [6.07, 6.45) is 1.61. The number of carbonyl (C=O) groups is 1. The first kappa shape index (κ1) is 25.0. The van der Waals surface area contributed by atoms with Crippen LogP contribution in [0.4, 0.5) is 4.39 Å². The zero-order chi connectivity index (χ0) is 25.2. The van der Waals surface area contributed by atoms with Crippen molar-refractivity contribution >= 4 is 15.7 Å². The predicted octanol–water partition coefficient (Wildman–Crippen LogP) is 4.66. The van der Waals surface area contributed by atoms with Crippen LogP contribution in [0.2, 0.25) is 0 Å². The van der Waals surface area contributed by atoms with E-state index in [1.807, 2.05) is 6.07 Å². The summed E-state index contributed by atoms with van der Waals surface area (Å²) >= 11 is 0. The highest BCUT2D eigenvalue weighted by atomic mass is 32.2. The molecule has 1 aromatic heterocycles. The van der Waals surface area contributed by atoms with Gasteiger partial charge in [0.25, 0.3) is 5.91 Å². The molecule has 2 aromatic carbocycles. The maximum absolute atomic E-state index is 13.3. The Bertz CT molecular complexity index is 1310. The number of nitrogens with one attached hydrogen (secondary N) is 1. The summed E-state index contributed by atoms with van der Waals surface area (Å²) in [6.45, 7) is 7.53. The Morgan fingerprint density at radius 2 is 1.77 bits per heavy atom. The molecule has 0 fully saturated rings. The highest BCUT2D eigenvalue weighted by Gasteiger charge is 2.34. The second-order valence-corrected chi connectivity index (χ2v) is 11.5. The minimum atomic E-state index is -3.25. The summed E-state index contributed by atoms with van der Waals surface area (Å²) < 4.78 is 37.2. The third kappa shape index (κ3) is 5.60. The van der Waals surface area contributed by atoms with E-state index < -0.39 is 9.84 Å². The van der Waals surface area contributed by atoms with Crippen LogP contribution in [0.1, 0.15) is 59.6 Å². The quantitative estimate of drug-likeness (QED) is 0.492. The number of hydrogen-bond donors (Lipinski definition) is 1. The van der Waals surface area contributed by atoms with Gasteiger partial charge in [0, 0.05) is 25.8 Å². The van der Waals surface area contributed by atoms with Crippen molar-refractivity contribution in [3.63, 3.8) is 0 Å². The molecule has 184 valence electrons. The van der Waals surface area contributed by atoms with Gasteiger partial charge in [-0.3, -0.25) is 14.7 Å². The number of nitrogens with zero attached hydrogens (tertiary/aromatic N) is 2. The lowest BCUT2D eigenvalue weighted by Gasteiger charge is -2.27. The smallest absolute Gasteiger partial charge is 0.253 e. The highest BCUT2D eigenvalue weighted by Crippen LogP contribution is 2.38. The number of benzene rings is 2. The summed E-state index contributed by atoms with van der Waals surface area (Å²) in [6, 6.07) is 15.1. The molecule has 1 amide bonds. The molecule has 35 heavy (non-hydrogen) atoms. The molecule has 8 heteroatoms. The van der Waals surface area contributed by atoms with Crippen LogP contribution in [0.3, 0.4) is 0 Å². The van der Waals surface area contributed by atoms with Gasteiger partial charge < -0.3 is 5.32 Å². The van der Waals surface area contributed by atoms with E-state index in [2.05, 4.69) is 29.0 Å². The number of halogens is 1. The van der Waals surface area contributed by atoms with Gasteiger partial charge in [-0.25, -0.2) is 12.8 Å². The molecule has 1 unspecified atom stereocenters. The molecule has 0 bridgehead atoms. The third-order valence-electron chi connectivity index (χ3n) is 6.36. The number of pyridine rings is 1. The number of sulfone groups is 1. The van der Waals surface area contributed by atoms with Crippen molar-refractivity contribution in [2.45, 2.75) is 51.3 Å². The molecule has 0 aliphatic carbocycles. The fraction of sp³-hybridized carbons (Fsp3) is 0.333. The van der Waals surface area contributed by atoms with Gasteiger partial charge in [0.05, 0.1) is 27.9 Å². The molecule has 1 aliphatic rings. The Hall–Kier alpha value is -3.10. The SMILES string of the molecule is CCS(=O)(=O)c1ccc(CNC(=O)c2cnc3c(c2)CN(Cc2ccc(F)cc2)C3C(C)C)cc1. The largest absolute Gasteiger partial charge is 0.348 e. The molecule has 4 rings (SSSR count). The molecule has 1 aliphatic heterocycles. The van der Waals surface area contributed by atoms with Gasteiger partial charge in [-0.2, -0.15) is 0 Å². The van der Waals surface area contributed by atoms with E-state index in [0.717, 1.165) is 22.4 Å². The zero-order valence-corrected chi connectivity index (χ0v) is 21.0. The van der Waals surface area contributed by atoms with Gasteiger partial charge in [-0.15, -0.1) is 0 Å². The number of hydrogen-bond acceptors (Lipinski definition) is 5. The average molecular weight is 496 g/mol. The molecule has 1 atom stereocenters. The van der Waals surface area contributed by atoms with E-state index in [4.69, 9.17) is 0 Å². The summed E-state index contributed by atoms with van der Waals surface area (Å²) in [4.78, 5) is 20.1. The summed E-state index contributed by atoms with van der Waals surface area (Å²) in [5.74, 6) is -0.113. The third-order valence-corrected chi connectivity index (χ3v) is 8.11. The van der Waals surface area contributed by atoms with Crippen LogP contribution >= 0.6 is 0 Å². The van der Waals surface area contributed by atoms with Crippen LogP contribution in [-0.4, -0.2) is 30.0 Å². The Labute approximate surface area is 206 Å². The van der Waals surface area contributed by atoms with Crippen LogP contribution < -0.4 is 5.32 Å². The normalized spacial score (nSPS) is 15.9. The first-order chi connectivity index (χ1) is 16.7. The van der Waals surface area contributed by atoms with Crippen molar-refractivity contribution in [2.24, 2.45) is 5.92 Å². The van der Waals surface area contributed by atoms with Crippen molar-refractivity contribution in [1.82, 2.24) is 15.2 Å². The fourth-order valence-electron chi connectivity index (χ4n) is 4.51. The van der Waals surface area contributed by atoms with Crippen molar-refractivity contribution in [1.29, 1.82) is 0 Å². The lowest BCUT2D eigenvalue weighted by atomic mass is 9.99. The van der Waals surface area contributed by atoms with E-state index in [0.29, 0.717) is 24.6 Å². The molecular weight excluding hydrogens is 465 g/mol. The van der Waals surface area contributed by atoms with Gasteiger partial charge in [-0.1, -0.05) is 45.0 Å². The Morgan fingerprint density at radius 1 is 1.11 bits per heavy atom. The van der Waals surface area contributed by atoms with Crippen molar-refractivity contribution in [3.05, 3.63) is 94.6 Å². The standard InChI is InChI=1S/C27H30FN3O3S/c1-4-35(33,34)24-11-7-19(8-12-24)14-30-27(32)21-13-22-17-31(16-20-5-9-23(28)10-6-20)26(18(2)3)25(22)29-15-21/h5-13,15,18,26H,4,14,16-17H2,1-3H3,(H,30,32). The minimum absolute atomic E-state index is 0.0490. The molecule has 2 heterocycles. The monoisotopic (exact) mass is 495 g/mol. The van der Waals surface area contributed by atoms with E-state index in [-0.39, 0.29) is 35.0 Å². The van der Waals surface area contributed by atoms with Gasteiger partial charge in [-0.05, 0) is 52.9 Å². The minimum Gasteiger partial charge on any atom is -0.348 e. The van der Waals surface area contributed by atoms with Crippen LogP contribution in [0.15, 0.2) is 65.7 Å². The number of rotatable bonds is 8. The molecule has 0 spiro atoms. The second kappa shape index (κ2) is 10.3. The predicted molar refractivity (Wildman–Crippen MR) is 133 cm³/mol. The molecule has 0 radical (unpaired) electrons. The highest BCUT2D eigenvalue weighted by molar-refractivity contribution is 7.91. The van der Waals surface area contributed by atoms with Crippen molar-refractivity contribution in [2.75, 3.05) is 5.75 Å². The maximum atomic E-state index is 13.3. The Balaban J connectivity index is 1.44. The molecular formula is C27H30FN3O3S. The van der Waals surface area contributed by atoms with Gasteiger partial charge in [0.1, 0.15) is 5.82 Å². The van der Waals surface area contributed by atoms with Crippen LogP contribution in [-0.2, 0) is 29.5 Å². The Kier molecular flexibility index (Phi) is 7.33. The summed E-state index contributed by atoms with van der Waals surface area (Å²) in [7, 11) is -3.25. The molecule has 1 N–H and O–H groups in total. The molecule has 0 saturated carbocycles. The fourth-order valence-corrected chi connectivity index (χ4v) is 5.39. The van der Waals surface area contributed by atoms with Gasteiger partial charge in [0.2, 0.25) is 0 Å². The lowest BCUT2D eigenvalue weighted by Crippen LogP contribution is -2.25. The molecule has 3 aromatic rings. The maximum Gasteiger partial charge on any atom is 0.253 e. The van der Waals surface area contributed by atoms with Crippen LogP contribution in [0, 0.1) is 11.7 Å². The van der Waals surface area contributed by atoms with Crippen molar-refractivity contribution < 1.29 is 17.6 Å². The first-order valence-corrected chi connectivity index (χ1v) is 13.4. The number of aromatic nitrogens is 1. The van der Waals surface area contributed by atoms with E-state index in [9.17, 15) is 17.6 Å². The topological polar surface area (TPSA) is 79.4 Å². The molecule has 0 saturated heterocycles. The van der Waals surface area contributed by atoms with Gasteiger partial charge in [0.15, 0.2) is 9.84 Å². The van der Waals surface area contributed by atoms with E-state index in [1.54, 1.807) is 49.5 Å². The number of amides is 1. The lowest BCUT2D eigenvalue weighted by molar-refractivity contribution is 0.0950. The number of fused-ring (bicyclic) bond motifs is 1. The number of carbonyl (C=O) groups excluding carboxylic acids is 1. The molecule has 6 nitrogen and oxygen atoms in total. The van der Waals surface area contributed by atoms with E-state index >= 15 is 0 Å². The Morgan fingerprint density at radius 3 is 2.40 bits per heavy atom. The first-order valence-electron chi connectivity index (χ1n) is 11.7. The summed E-state index contributed by atoms with van der Waals surface area (Å²) in [5, 5.41) is 2.89. The van der Waals surface area contributed by atoms with Crippen molar-refractivity contribution in [3.8, 4) is 0 Å². The van der Waals surface area contributed by atoms with Crippen LogP contribution in [0.25, 0.3) is 0 Å². The van der Waals surface area contributed by atoms with Crippen LogP contribution in [0.5, 0.6) is 0 Å². The average Bonchev–Trinajstić information content (AvgIpc) is 3.21. The zero-order valence-electron chi connectivity index (χ0n) is 20.2. The second-order valence-electron chi connectivity index (χ2n) is 9.22. The summed E-state index contributed by atoms with van der Waals surface area (Å²) in [5.41, 5.74) is 4.33. The van der Waals surface area contributed by atoms with Gasteiger partial charge >= 0.3 is 0 Å². The van der Waals surface area contributed by atoms with E-state index in [1.165, 1.54) is 12.1 Å².